The molecule has 0 saturated heterocycles. The number of hydrogen-bond acceptors (Lipinski definition) is 4. The molecular formula is C12H20N2O4S2. The van der Waals surface area contributed by atoms with Crippen molar-refractivity contribution in [1.29, 1.82) is 0 Å². The topological polar surface area (TPSA) is 99.3 Å². The molecule has 1 rings (SSSR count). The van der Waals surface area contributed by atoms with E-state index in [0.717, 1.165) is 5.75 Å². The van der Waals surface area contributed by atoms with Gasteiger partial charge in [0.2, 0.25) is 10.0 Å². The highest BCUT2D eigenvalue weighted by atomic mass is 32.2. The summed E-state index contributed by atoms with van der Waals surface area (Å²) in [7, 11) is -3.70. The van der Waals surface area contributed by atoms with E-state index in [-0.39, 0.29) is 22.1 Å². The lowest BCUT2D eigenvalue weighted by Gasteiger charge is -2.12. The van der Waals surface area contributed by atoms with E-state index < -0.39 is 16.0 Å². The van der Waals surface area contributed by atoms with Crippen molar-refractivity contribution >= 4 is 27.8 Å². The maximum Gasteiger partial charge on any atom is 0.352 e. The number of carbonyl (C=O) groups is 1. The van der Waals surface area contributed by atoms with Crippen molar-refractivity contribution < 1.29 is 18.3 Å². The third kappa shape index (κ3) is 3.77. The Balaban J connectivity index is 3.02. The van der Waals surface area contributed by atoms with Gasteiger partial charge < -0.3 is 10.1 Å². The number of hydrogen-bond donors (Lipinski definition) is 3. The largest absolute Gasteiger partial charge is 0.477 e. The Morgan fingerprint density at radius 3 is 2.50 bits per heavy atom. The second-order valence-electron chi connectivity index (χ2n) is 4.80. The molecule has 6 nitrogen and oxygen atoms in total. The standard InChI is InChI=1S/C12H20N2O4S2/c1-7(6-19-4)5-13-20(17,18)11-8(2)10(12(15)16)14-9(11)3/h7,13-14H,5-6H2,1-4H3,(H,15,16). The van der Waals surface area contributed by atoms with Crippen molar-refractivity contribution in [2.24, 2.45) is 5.92 Å². The normalized spacial score (nSPS) is 13.4. The lowest BCUT2D eigenvalue weighted by molar-refractivity contribution is 0.0690. The van der Waals surface area contributed by atoms with Crippen molar-refractivity contribution in [3.8, 4) is 0 Å². The van der Waals surface area contributed by atoms with Gasteiger partial charge in [-0.1, -0.05) is 6.92 Å². The fourth-order valence-corrected chi connectivity index (χ4v) is 4.31. The Hall–Kier alpha value is -0.990. The minimum absolute atomic E-state index is 0.0336. The number of aromatic nitrogens is 1. The zero-order valence-corrected chi connectivity index (χ0v) is 13.6. The van der Waals surface area contributed by atoms with E-state index >= 15 is 0 Å². The summed E-state index contributed by atoms with van der Waals surface area (Å²) in [6, 6.07) is 0. The smallest absolute Gasteiger partial charge is 0.352 e. The molecule has 0 amide bonds. The zero-order chi connectivity index (χ0) is 15.5. The first-order valence-electron chi connectivity index (χ1n) is 6.11. The van der Waals surface area contributed by atoms with Gasteiger partial charge in [-0.2, -0.15) is 11.8 Å². The maximum atomic E-state index is 12.3. The summed E-state index contributed by atoms with van der Waals surface area (Å²) in [6.07, 6.45) is 1.96. The van der Waals surface area contributed by atoms with Crippen LogP contribution in [0.4, 0.5) is 0 Å². The number of aromatic amines is 1. The summed E-state index contributed by atoms with van der Waals surface area (Å²) in [5, 5.41) is 9.01. The Morgan fingerprint density at radius 2 is 2.05 bits per heavy atom. The van der Waals surface area contributed by atoms with E-state index in [2.05, 4.69) is 9.71 Å². The summed E-state index contributed by atoms with van der Waals surface area (Å²) in [4.78, 5) is 13.7. The van der Waals surface area contributed by atoms with Gasteiger partial charge in [-0.05, 0) is 31.8 Å². The van der Waals surface area contributed by atoms with Crippen LogP contribution in [0.25, 0.3) is 0 Å². The fraction of sp³-hybridized carbons (Fsp3) is 0.583. The van der Waals surface area contributed by atoms with E-state index in [1.54, 1.807) is 18.7 Å². The molecule has 1 aromatic heterocycles. The van der Waals surface area contributed by atoms with Gasteiger partial charge in [0.05, 0.1) is 0 Å². The lowest BCUT2D eigenvalue weighted by Crippen LogP contribution is -2.30. The molecule has 1 atom stereocenters. The zero-order valence-electron chi connectivity index (χ0n) is 12.0. The van der Waals surface area contributed by atoms with Crippen molar-refractivity contribution in [3.63, 3.8) is 0 Å². The van der Waals surface area contributed by atoms with Crippen LogP contribution in [0.15, 0.2) is 4.90 Å². The van der Waals surface area contributed by atoms with Gasteiger partial charge >= 0.3 is 5.97 Å². The first-order valence-corrected chi connectivity index (χ1v) is 8.99. The van der Waals surface area contributed by atoms with Gasteiger partial charge in [-0.25, -0.2) is 17.9 Å². The van der Waals surface area contributed by atoms with Gasteiger partial charge in [0, 0.05) is 17.8 Å². The number of aryl methyl sites for hydroxylation is 1. The number of H-pyrrole nitrogens is 1. The van der Waals surface area contributed by atoms with Crippen LogP contribution in [0.3, 0.4) is 0 Å². The van der Waals surface area contributed by atoms with Crippen LogP contribution in [-0.2, 0) is 10.0 Å². The Bertz CT molecular complexity index is 593. The van der Waals surface area contributed by atoms with E-state index in [4.69, 9.17) is 5.11 Å². The van der Waals surface area contributed by atoms with Gasteiger partial charge in [-0.3, -0.25) is 0 Å². The Kier molecular flexibility index (Phi) is 5.67. The highest BCUT2D eigenvalue weighted by Crippen LogP contribution is 2.23. The summed E-state index contributed by atoms with van der Waals surface area (Å²) in [5.74, 6) is -0.102. The molecule has 114 valence electrons. The van der Waals surface area contributed by atoms with Crippen LogP contribution >= 0.6 is 11.8 Å². The first-order chi connectivity index (χ1) is 9.20. The van der Waals surface area contributed by atoms with Crippen LogP contribution < -0.4 is 4.72 Å². The summed E-state index contributed by atoms with van der Waals surface area (Å²) in [5.41, 5.74) is 0.491. The third-order valence-electron chi connectivity index (χ3n) is 2.92. The molecule has 0 aliphatic heterocycles. The molecule has 3 N–H and O–H groups in total. The molecular weight excluding hydrogens is 300 g/mol. The van der Waals surface area contributed by atoms with Crippen LogP contribution in [0.5, 0.6) is 0 Å². The molecule has 0 fully saturated rings. The van der Waals surface area contributed by atoms with Crippen LogP contribution in [0, 0.1) is 19.8 Å². The van der Waals surface area contributed by atoms with E-state index in [0.29, 0.717) is 12.2 Å². The average molecular weight is 320 g/mol. The molecule has 8 heteroatoms. The van der Waals surface area contributed by atoms with Crippen LogP contribution in [0.1, 0.15) is 28.7 Å². The number of aromatic carboxylic acids is 1. The molecule has 1 heterocycles. The molecule has 0 spiro atoms. The van der Waals surface area contributed by atoms with Crippen molar-refractivity contribution in [1.82, 2.24) is 9.71 Å². The molecule has 0 aliphatic rings. The van der Waals surface area contributed by atoms with Crippen LogP contribution in [0.2, 0.25) is 0 Å². The summed E-state index contributed by atoms with van der Waals surface area (Å²) in [6.45, 7) is 5.33. The minimum Gasteiger partial charge on any atom is -0.477 e. The highest BCUT2D eigenvalue weighted by Gasteiger charge is 2.26. The number of nitrogens with one attached hydrogen (secondary N) is 2. The van der Waals surface area contributed by atoms with Crippen LogP contribution in [-0.4, -0.2) is 43.0 Å². The molecule has 0 bridgehead atoms. The quantitative estimate of drug-likeness (QED) is 0.709. The molecule has 1 unspecified atom stereocenters. The lowest BCUT2D eigenvalue weighted by atomic mass is 10.2. The Morgan fingerprint density at radius 1 is 1.45 bits per heavy atom. The van der Waals surface area contributed by atoms with Crippen molar-refractivity contribution in [2.45, 2.75) is 25.7 Å². The Labute approximate surface area is 123 Å². The monoisotopic (exact) mass is 320 g/mol. The SMILES string of the molecule is CSCC(C)CNS(=O)(=O)c1c(C)[nH]c(C(=O)O)c1C. The molecule has 20 heavy (non-hydrogen) atoms. The molecule has 0 saturated carbocycles. The maximum absolute atomic E-state index is 12.3. The molecule has 0 aliphatic carbocycles. The van der Waals surface area contributed by atoms with Gasteiger partial charge in [0.15, 0.2) is 0 Å². The fourth-order valence-electron chi connectivity index (χ4n) is 2.02. The van der Waals surface area contributed by atoms with Gasteiger partial charge in [-0.15, -0.1) is 0 Å². The molecule has 0 radical (unpaired) electrons. The average Bonchev–Trinajstić information content (AvgIpc) is 2.63. The first kappa shape index (κ1) is 17.1. The number of thioether (sulfide) groups is 1. The van der Waals surface area contributed by atoms with Gasteiger partial charge in [0.1, 0.15) is 10.6 Å². The summed E-state index contributed by atoms with van der Waals surface area (Å²) >= 11 is 1.65. The molecule has 0 aromatic carbocycles. The number of rotatable bonds is 7. The predicted molar refractivity (Wildman–Crippen MR) is 80.0 cm³/mol. The highest BCUT2D eigenvalue weighted by molar-refractivity contribution is 7.98. The van der Waals surface area contributed by atoms with E-state index in [1.165, 1.54) is 6.92 Å². The summed E-state index contributed by atoms with van der Waals surface area (Å²) < 4.78 is 27.1. The van der Waals surface area contributed by atoms with E-state index in [1.807, 2.05) is 13.2 Å². The minimum atomic E-state index is -3.70. The number of sulfonamides is 1. The third-order valence-corrected chi connectivity index (χ3v) is 5.52. The van der Waals surface area contributed by atoms with E-state index in [9.17, 15) is 13.2 Å². The molecule has 1 aromatic rings. The predicted octanol–water partition coefficient (Wildman–Crippen LogP) is 1.61. The number of carboxylic acid groups (broad SMARTS) is 1. The van der Waals surface area contributed by atoms with Gasteiger partial charge in [0.25, 0.3) is 0 Å². The van der Waals surface area contributed by atoms with Crippen molar-refractivity contribution in [3.05, 3.63) is 17.0 Å². The number of carboxylic acids is 1. The second kappa shape index (κ2) is 6.64. The second-order valence-corrected chi connectivity index (χ2v) is 7.41. The van der Waals surface area contributed by atoms with Crippen molar-refractivity contribution in [2.75, 3.05) is 18.6 Å².